The summed E-state index contributed by atoms with van der Waals surface area (Å²) in [5.41, 5.74) is 6.85. The summed E-state index contributed by atoms with van der Waals surface area (Å²) in [6.45, 7) is 3.12. The van der Waals surface area contributed by atoms with Gasteiger partial charge in [0.1, 0.15) is 5.82 Å². The molecule has 100 valence electrons. The van der Waals surface area contributed by atoms with E-state index in [-0.39, 0.29) is 11.9 Å². The van der Waals surface area contributed by atoms with Gasteiger partial charge in [-0.15, -0.1) is 0 Å². The van der Waals surface area contributed by atoms with Crippen molar-refractivity contribution in [3.8, 4) is 0 Å². The molecule has 1 fully saturated rings. The number of nitrogens with two attached hydrogens (primary N) is 1. The predicted octanol–water partition coefficient (Wildman–Crippen LogP) is 3.03. The van der Waals surface area contributed by atoms with Crippen LogP contribution in [0.1, 0.15) is 26.2 Å². The van der Waals surface area contributed by atoms with Crippen LogP contribution in [-0.4, -0.2) is 19.6 Å². The maximum absolute atomic E-state index is 13.7. The Morgan fingerprint density at radius 2 is 2.06 bits per heavy atom. The maximum Gasteiger partial charge on any atom is 0.146 e. The van der Waals surface area contributed by atoms with Crippen LogP contribution in [0.3, 0.4) is 0 Å². The number of hydrogen-bond acceptors (Lipinski definition) is 2. The van der Waals surface area contributed by atoms with E-state index in [0.717, 1.165) is 25.3 Å². The normalized spacial score (nSPS) is 28.1. The Balaban J connectivity index is 2.02. The Morgan fingerprint density at radius 3 is 2.78 bits per heavy atom. The molecule has 3 atom stereocenters. The number of benzene rings is 1. The third-order valence-corrected chi connectivity index (χ3v) is 4.08. The molecule has 2 N–H and O–H groups in total. The molecule has 0 heterocycles. The minimum absolute atomic E-state index is 0.155. The van der Waals surface area contributed by atoms with Gasteiger partial charge in [-0.25, -0.2) is 4.39 Å². The highest BCUT2D eigenvalue weighted by atomic mass is 19.1. The number of para-hydroxylation sites is 1. The average molecular weight is 250 g/mol. The van der Waals surface area contributed by atoms with Gasteiger partial charge in [-0.3, -0.25) is 0 Å². The van der Waals surface area contributed by atoms with Gasteiger partial charge in [0.25, 0.3) is 0 Å². The van der Waals surface area contributed by atoms with Crippen molar-refractivity contribution in [3.05, 3.63) is 30.1 Å². The predicted molar refractivity (Wildman–Crippen MR) is 74.2 cm³/mol. The molecule has 0 aliphatic heterocycles. The molecule has 3 unspecified atom stereocenters. The van der Waals surface area contributed by atoms with Gasteiger partial charge in [0.05, 0.1) is 5.69 Å². The molecule has 0 spiro atoms. The SMILES string of the molecule is CC1CCC(N)C(CN(C)c2ccccc2F)C1. The second-order valence-electron chi connectivity index (χ2n) is 5.67. The van der Waals surface area contributed by atoms with Crippen molar-refractivity contribution >= 4 is 5.69 Å². The Labute approximate surface area is 109 Å². The highest BCUT2D eigenvalue weighted by molar-refractivity contribution is 5.46. The molecule has 2 rings (SSSR count). The van der Waals surface area contributed by atoms with Crippen molar-refractivity contribution in [3.63, 3.8) is 0 Å². The lowest BCUT2D eigenvalue weighted by molar-refractivity contribution is 0.249. The molecule has 2 nitrogen and oxygen atoms in total. The molecule has 1 saturated carbocycles. The van der Waals surface area contributed by atoms with Gasteiger partial charge in [0.15, 0.2) is 0 Å². The average Bonchev–Trinajstić information content (AvgIpc) is 2.34. The Bertz CT molecular complexity index is 394. The molecule has 1 aliphatic carbocycles. The zero-order chi connectivity index (χ0) is 13.1. The van der Waals surface area contributed by atoms with Gasteiger partial charge in [0.2, 0.25) is 0 Å². The molecular weight excluding hydrogens is 227 g/mol. The van der Waals surface area contributed by atoms with Gasteiger partial charge in [-0.1, -0.05) is 19.1 Å². The monoisotopic (exact) mass is 250 g/mol. The minimum Gasteiger partial charge on any atom is -0.372 e. The van der Waals surface area contributed by atoms with Crippen LogP contribution in [0.15, 0.2) is 24.3 Å². The van der Waals surface area contributed by atoms with E-state index in [1.54, 1.807) is 6.07 Å². The first kappa shape index (κ1) is 13.3. The lowest BCUT2D eigenvalue weighted by Crippen LogP contribution is -2.42. The van der Waals surface area contributed by atoms with Crippen LogP contribution < -0.4 is 10.6 Å². The molecule has 1 aliphatic rings. The van der Waals surface area contributed by atoms with Crippen molar-refractivity contribution in [1.82, 2.24) is 0 Å². The largest absolute Gasteiger partial charge is 0.372 e. The highest BCUT2D eigenvalue weighted by Gasteiger charge is 2.27. The summed E-state index contributed by atoms with van der Waals surface area (Å²) in [6.07, 6.45) is 3.47. The number of nitrogens with zero attached hydrogens (tertiary/aromatic N) is 1. The third kappa shape index (κ3) is 3.02. The summed E-state index contributed by atoms with van der Waals surface area (Å²) in [6, 6.07) is 7.19. The summed E-state index contributed by atoms with van der Waals surface area (Å²) < 4.78 is 13.7. The van der Waals surface area contributed by atoms with Crippen molar-refractivity contribution in [2.45, 2.75) is 32.2 Å². The van der Waals surface area contributed by atoms with Gasteiger partial charge in [0, 0.05) is 19.6 Å². The van der Waals surface area contributed by atoms with Crippen LogP contribution in [0.2, 0.25) is 0 Å². The summed E-state index contributed by atoms with van der Waals surface area (Å²) in [5, 5.41) is 0. The van der Waals surface area contributed by atoms with Crippen LogP contribution in [0, 0.1) is 17.7 Å². The molecule has 3 heteroatoms. The topological polar surface area (TPSA) is 29.3 Å². The van der Waals surface area contributed by atoms with Gasteiger partial charge < -0.3 is 10.6 Å². The fourth-order valence-electron chi connectivity index (χ4n) is 2.94. The molecule has 0 aromatic heterocycles. The molecule has 0 radical (unpaired) electrons. The summed E-state index contributed by atoms with van der Waals surface area (Å²) in [5.74, 6) is 1.06. The van der Waals surface area contributed by atoms with Crippen molar-refractivity contribution in [1.29, 1.82) is 0 Å². The quantitative estimate of drug-likeness (QED) is 0.893. The molecule has 0 saturated heterocycles. The van der Waals surface area contributed by atoms with Crippen LogP contribution in [0.4, 0.5) is 10.1 Å². The zero-order valence-corrected chi connectivity index (χ0v) is 11.3. The van der Waals surface area contributed by atoms with Crippen molar-refractivity contribution in [2.75, 3.05) is 18.5 Å². The first-order chi connectivity index (χ1) is 8.58. The van der Waals surface area contributed by atoms with E-state index in [1.165, 1.54) is 12.5 Å². The second kappa shape index (κ2) is 5.70. The fraction of sp³-hybridized carbons (Fsp3) is 0.600. The summed E-state index contributed by atoms with van der Waals surface area (Å²) in [7, 11) is 1.95. The molecule has 0 bridgehead atoms. The fourth-order valence-corrected chi connectivity index (χ4v) is 2.94. The zero-order valence-electron chi connectivity index (χ0n) is 11.3. The molecule has 18 heavy (non-hydrogen) atoms. The summed E-state index contributed by atoms with van der Waals surface area (Å²) >= 11 is 0. The Morgan fingerprint density at radius 1 is 1.33 bits per heavy atom. The maximum atomic E-state index is 13.7. The van der Waals surface area contributed by atoms with E-state index >= 15 is 0 Å². The van der Waals surface area contributed by atoms with Crippen molar-refractivity contribution in [2.24, 2.45) is 17.6 Å². The lowest BCUT2D eigenvalue weighted by Gasteiger charge is -2.35. The standard InChI is InChI=1S/C15H23FN2/c1-11-7-8-14(17)12(9-11)10-18(2)15-6-4-3-5-13(15)16/h3-6,11-12,14H,7-10,17H2,1-2H3. The van der Waals surface area contributed by atoms with E-state index in [9.17, 15) is 4.39 Å². The number of rotatable bonds is 3. The molecule has 0 amide bonds. The van der Waals surface area contributed by atoms with E-state index in [4.69, 9.17) is 5.73 Å². The third-order valence-electron chi connectivity index (χ3n) is 4.08. The number of halogens is 1. The summed E-state index contributed by atoms with van der Waals surface area (Å²) in [4.78, 5) is 2.00. The first-order valence-electron chi connectivity index (χ1n) is 6.79. The van der Waals surface area contributed by atoms with Crippen LogP contribution in [0.5, 0.6) is 0 Å². The molecule has 1 aromatic carbocycles. The highest BCUT2D eigenvalue weighted by Crippen LogP contribution is 2.29. The smallest absolute Gasteiger partial charge is 0.146 e. The van der Waals surface area contributed by atoms with Gasteiger partial charge in [-0.2, -0.15) is 0 Å². The van der Waals surface area contributed by atoms with Crippen LogP contribution in [0.25, 0.3) is 0 Å². The Kier molecular flexibility index (Phi) is 4.23. The Hall–Kier alpha value is -1.09. The van der Waals surface area contributed by atoms with Crippen LogP contribution in [-0.2, 0) is 0 Å². The van der Waals surface area contributed by atoms with Crippen LogP contribution >= 0.6 is 0 Å². The van der Waals surface area contributed by atoms with E-state index in [1.807, 2.05) is 24.1 Å². The number of hydrogen-bond donors (Lipinski definition) is 1. The van der Waals surface area contributed by atoms with Gasteiger partial charge >= 0.3 is 0 Å². The minimum atomic E-state index is -0.155. The lowest BCUT2D eigenvalue weighted by atomic mass is 9.79. The first-order valence-corrected chi connectivity index (χ1v) is 6.79. The molecular formula is C15H23FN2. The number of anilines is 1. The van der Waals surface area contributed by atoms with Crippen molar-refractivity contribution < 1.29 is 4.39 Å². The van der Waals surface area contributed by atoms with Gasteiger partial charge in [-0.05, 0) is 43.2 Å². The van der Waals surface area contributed by atoms with E-state index in [0.29, 0.717) is 11.6 Å². The van der Waals surface area contributed by atoms with E-state index in [2.05, 4.69) is 6.92 Å². The molecule has 1 aromatic rings. The second-order valence-corrected chi connectivity index (χ2v) is 5.67. The van der Waals surface area contributed by atoms with E-state index < -0.39 is 0 Å².